The monoisotopic (exact) mass is 701 g/mol. The van der Waals surface area contributed by atoms with Gasteiger partial charge in [0.25, 0.3) is 5.91 Å². The number of benzene rings is 3. The molecule has 0 atom stereocenters. The van der Waals surface area contributed by atoms with Crippen molar-refractivity contribution in [2.75, 3.05) is 35.0 Å². The van der Waals surface area contributed by atoms with Gasteiger partial charge >= 0.3 is 0 Å². The number of ether oxygens (including phenoxy) is 2. The molecule has 1 aliphatic heterocycles. The molecular formula is C37H47N7O5S. The van der Waals surface area contributed by atoms with Crippen molar-refractivity contribution in [2.45, 2.75) is 59.0 Å². The van der Waals surface area contributed by atoms with Crippen LogP contribution in [0.5, 0.6) is 5.75 Å². The molecule has 0 bridgehead atoms. The fourth-order valence-corrected chi connectivity index (χ4v) is 6.33. The lowest BCUT2D eigenvalue weighted by atomic mass is 9.86. The van der Waals surface area contributed by atoms with E-state index in [9.17, 15) is 13.2 Å². The molecule has 3 aromatic carbocycles. The zero-order valence-corrected chi connectivity index (χ0v) is 31.0. The second kappa shape index (κ2) is 14.2. The zero-order chi connectivity index (χ0) is 36.4. The van der Waals surface area contributed by atoms with Crippen molar-refractivity contribution in [1.29, 1.82) is 0 Å². The molecule has 5 rings (SSSR count). The molecule has 13 heteroatoms. The molecule has 1 aliphatic rings. The molecule has 2 heterocycles. The van der Waals surface area contributed by atoms with Gasteiger partial charge in [0.15, 0.2) is 5.75 Å². The summed E-state index contributed by atoms with van der Waals surface area (Å²) in [5.74, 6) is 0.714. The van der Waals surface area contributed by atoms with Gasteiger partial charge in [0.1, 0.15) is 5.82 Å². The molecule has 50 heavy (non-hydrogen) atoms. The summed E-state index contributed by atoms with van der Waals surface area (Å²) in [4.78, 5) is 18.5. The van der Waals surface area contributed by atoms with Crippen LogP contribution in [0, 0.1) is 6.92 Å². The van der Waals surface area contributed by atoms with Crippen LogP contribution in [0.1, 0.15) is 73.2 Å². The predicted molar refractivity (Wildman–Crippen MR) is 198 cm³/mol. The maximum atomic E-state index is 13.7. The van der Waals surface area contributed by atoms with Crippen LogP contribution in [0.3, 0.4) is 0 Å². The highest BCUT2D eigenvalue weighted by atomic mass is 32.2. The van der Waals surface area contributed by atoms with Gasteiger partial charge in [0.2, 0.25) is 10.0 Å². The summed E-state index contributed by atoms with van der Waals surface area (Å²) in [6.45, 7) is 13.2. The number of imidazole rings is 1. The first-order valence-corrected chi connectivity index (χ1v) is 18.2. The Morgan fingerprint density at radius 1 is 1.00 bits per heavy atom. The summed E-state index contributed by atoms with van der Waals surface area (Å²) in [6.07, 6.45) is 4.82. The van der Waals surface area contributed by atoms with Gasteiger partial charge in [-0.3, -0.25) is 20.0 Å². The Morgan fingerprint density at radius 2 is 1.70 bits per heavy atom. The van der Waals surface area contributed by atoms with Gasteiger partial charge in [-0.05, 0) is 53.3 Å². The lowest BCUT2D eigenvalue weighted by Gasteiger charge is -2.24. The molecular weight excluding hydrogens is 655 g/mol. The average Bonchev–Trinajstić information content (AvgIpc) is 3.67. The van der Waals surface area contributed by atoms with Crippen LogP contribution in [0.15, 0.2) is 73.1 Å². The molecule has 4 aromatic rings. The number of methoxy groups -OCH3 is 1. The van der Waals surface area contributed by atoms with Crippen LogP contribution < -0.4 is 30.7 Å². The number of aryl methyl sites for hydroxylation is 1. The lowest BCUT2D eigenvalue weighted by molar-refractivity contribution is 0.0787. The first-order valence-electron chi connectivity index (χ1n) is 16.3. The number of carbonyl (C=O) groups is 1. The van der Waals surface area contributed by atoms with Gasteiger partial charge in [0, 0.05) is 18.0 Å². The number of nitrogens with one attached hydrogen (secondary N) is 4. The van der Waals surface area contributed by atoms with E-state index in [0.29, 0.717) is 24.5 Å². The average molecular weight is 702 g/mol. The van der Waals surface area contributed by atoms with Crippen LogP contribution >= 0.6 is 0 Å². The van der Waals surface area contributed by atoms with E-state index in [1.807, 2.05) is 88.5 Å². The van der Waals surface area contributed by atoms with E-state index in [2.05, 4.69) is 39.4 Å². The number of hydrogen-bond acceptors (Lipinski definition) is 9. The van der Waals surface area contributed by atoms with Crippen molar-refractivity contribution in [3.05, 3.63) is 107 Å². The highest BCUT2D eigenvalue weighted by Gasteiger charge is 2.29. The number of amides is 1. The largest absolute Gasteiger partial charge is 0.492 e. The molecule has 266 valence electrons. The first kappa shape index (κ1) is 36.4. The van der Waals surface area contributed by atoms with Gasteiger partial charge in [-0.2, -0.15) is 0 Å². The smallest absolute Gasteiger partial charge is 0.255 e. The highest BCUT2D eigenvalue weighted by Crippen LogP contribution is 2.39. The van der Waals surface area contributed by atoms with Gasteiger partial charge in [0.05, 0.1) is 67.4 Å². The minimum absolute atomic E-state index is 0.212. The normalized spacial score (nSPS) is 13.5. The maximum absolute atomic E-state index is 13.7. The van der Waals surface area contributed by atoms with Gasteiger partial charge in [-0.25, -0.2) is 13.4 Å². The van der Waals surface area contributed by atoms with E-state index in [1.54, 1.807) is 24.3 Å². The van der Waals surface area contributed by atoms with E-state index >= 15 is 0 Å². The predicted octanol–water partition coefficient (Wildman–Crippen LogP) is 5.98. The third-order valence-corrected chi connectivity index (χ3v) is 9.04. The summed E-state index contributed by atoms with van der Waals surface area (Å²) in [6, 6.07) is 19.0. The fourth-order valence-electron chi connectivity index (χ4n) is 5.78. The minimum Gasteiger partial charge on any atom is -0.492 e. The summed E-state index contributed by atoms with van der Waals surface area (Å²) < 4.78 is 40.5. The van der Waals surface area contributed by atoms with Gasteiger partial charge in [-0.1, -0.05) is 71.0 Å². The summed E-state index contributed by atoms with van der Waals surface area (Å²) in [7, 11) is -0.198. The van der Waals surface area contributed by atoms with Crippen LogP contribution in [-0.2, 0) is 39.2 Å². The number of rotatable bonds is 12. The fraction of sp³-hybridized carbons (Fsp3) is 0.351. The quantitative estimate of drug-likeness (QED) is 0.141. The lowest BCUT2D eigenvalue weighted by Crippen LogP contribution is -2.37. The van der Waals surface area contributed by atoms with E-state index < -0.39 is 10.0 Å². The van der Waals surface area contributed by atoms with Crippen LogP contribution in [0.2, 0.25) is 0 Å². The van der Waals surface area contributed by atoms with Crippen LogP contribution in [0.25, 0.3) is 5.70 Å². The Hall–Kier alpha value is -4.85. The molecule has 0 saturated carbocycles. The van der Waals surface area contributed by atoms with Crippen molar-refractivity contribution in [2.24, 2.45) is 7.05 Å². The Bertz CT molecular complexity index is 2020. The number of sulfonamides is 1. The number of anilines is 3. The van der Waals surface area contributed by atoms with E-state index in [1.165, 1.54) is 7.11 Å². The molecule has 0 unspecified atom stereocenters. The number of nitrogens with zero attached hydrogens (tertiary/aromatic N) is 3. The molecule has 12 nitrogen and oxygen atoms in total. The van der Waals surface area contributed by atoms with E-state index in [-0.39, 0.29) is 28.2 Å². The van der Waals surface area contributed by atoms with Crippen molar-refractivity contribution in [3.8, 4) is 5.75 Å². The SMILES string of the molecule is COc1c(NC(=O)c2ccc(C)c(N3C=C(c4cnc(C(C)(C)COCc5ccccc5)n4C)NN3)c2)cc(C(C)(C)C)cc1NS(C)(=O)=O. The first-order chi connectivity index (χ1) is 23.5. The standard InChI is InChI=1S/C37H47N7O5S/c1-24-15-16-26(34(45)39-28-18-27(36(2,3)4)19-29(33(28)48-8)41-50(9,46)47)17-31(24)44-21-30(40-42-44)32-20-38-35(43(32)7)37(5,6)23-49-22-25-13-11-10-12-14-25/h10-21,40-42H,22-23H2,1-9H3,(H,39,45). The molecule has 4 N–H and O–H groups in total. The number of hydrogen-bond donors (Lipinski definition) is 4. The Labute approximate surface area is 294 Å². The Kier molecular flexibility index (Phi) is 10.3. The van der Waals surface area contributed by atoms with Crippen molar-refractivity contribution in [1.82, 2.24) is 20.5 Å². The van der Waals surface area contributed by atoms with Crippen LogP contribution in [0.4, 0.5) is 17.1 Å². The molecule has 0 spiro atoms. The summed E-state index contributed by atoms with van der Waals surface area (Å²) in [5.41, 5.74) is 12.0. The molecule has 0 saturated heterocycles. The number of hydrazine groups is 2. The topological polar surface area (TPSA) is 139 Å². The highest BCUT2D eigenvalue weighted by molar-refractivity contribution is 7.92. The summed E-state index contributed by atoms with van der Waals surface area (Å²) >= 11 is 0. The number of aromatic nitrogens is 2. The molecule has 0 aliphatic carbocycles. The van der Waals surface area contributed by atoms with E-state index in [0.717, 1.165) is 45.8 Å². The molecule has 1 amide bonds. The van der Waals surface area contributed by atoms with Crippen LogP contribution in [-0.4, -0.2) is 43.8 Å². The van der Waals surface area contributed by atoms with Gasteiger partial charge < -0.3 is 19.4 Å². The molecule has 0 radical (unpaired) electrons. The minimum atomic E-state index is -3.61. The van der Waals surface area contributed by atoms with Crippen molar-refractivity contribution < 1.29 is 22.7 Å². The Morgan fingerprint density at radius 3 is 2.36 bits per heavy atom. The van der Waals surface area contributed by atoms with Gasteiger partial charge in [-0.15, -0.1) is 5.53 Å². The van der Waals surface area contributed by atoms with Crippen molar-refractivity contribution >= 4 is 38.7 Å². The second-order valence-corrected chi connectivity index (χ2v) is 16.0. The third-order valence-electron chi connectivity index (χ3n) is 8.45. The second-order valence-electron chi connectivity index (χ2n) is 14.2. The zero-order valence-electron chi connectivity index (χ0n) is 30.1. The Balaban J connectivity index is 1.36. The third kappa shape index (κ3) is 8.29. The molecule has 0 fully saturated rings. The maximum Gasteiger partial charge on any atom is 0.255 e. The van der Waals surface area contributed by atoms with Crippen molar-refractivity contribution in [3.63, 3.8) is 0 Å². The molecule has 1 aromatic heterocycles. The number of carbonyl (C=O) groups excluding carboxylic acids is 1. The van der Waals surface area contributed by atoms with E-state index in [4.69, 9.17) is 14.5 Å². The summed E-state index contributed by atoms with van der Waals surface area (Å²) in [5, 5.41) is 4.76.